The van der Waals surface area contributed by atoms with Gasteiger partial charge in [0.15, 0.2) is 12.6 Å². The quantitative estimate of drug-likeness (QED) is 0.108. The van der Waals surface area contributed by atoms with Crippen molar-refractivity contribution in [3.63, 3.8) is 0 Å². The molecule has 18 nitrogen and oxygen atoms in total. The van der Waals surface area contributed by atoms with Gasteiger partial charge in [-0.2, -0.15) is 0 Å². The van der Waals surface area contributed by atoms with Crippen molar-refractivity contribution in [2.45, 2.75) is 211 Å². The molecule has 0 amide bonds. The Bertz CT molecular complexity index is 1800. The summed E-state index contributed by atoms with van der Waals surface area (Å²) in [6.45, 7) is 13.7. The Balaban J connectivity index is 0.976. The minimum Gasteiger partial charge on any atom is -0.432 e. The summed E-state index contributed by atoms with van der Waals surface area (Å²) >= 11 is 0. The van der Waals surface area contributed by atoms with Crippen molar-refractivity contribution in [1.82, 2.24) is 0 Å². The van der Waals surface area contributed by atoms with E-state index in [9.17, 15) is 61.0 Å². The lowest BCUT2D eigenvalue weighted by atomic mass is 9.33. The number of allylic oxidation sites excluding steroid dienone is 2. The van der Waals surface area contributed by atoms with Crippen LogP contribution in [0.25, 0.3) is 0 Å². The van der Waals surface area contributed by atoms with Gasteiger partial charge in [-0.25, -0.2) is 0 Å². The van der Waals surface area contributed by atoms with Crippen LogP contribution in [0.2, 0.25) is 0 Å². The topological polar surface area (TPSA) is 295 Å². The molecule has 7 fully saturated rings. The van der Waals surface area contributed by atoms with Gasteiger partial charge in [0.05, 0.1) is 37.4 Å². The molecule has 4 saturated carbocycles. The van der Waals surface area contributed by atoms with Crippen molar-refractivity contribution in [2.24, 2.45) is 50.2 Å². The summed E-state index contributed by atoms with van der Waals surface area (Å²) in [5, 5.41) is 118. The van der Waals surface area contributed by atoms with Crippen molar-refractivity contribution >= 4 is 5.97 Å². The smallest absolute Gasteiger partial charge is 0.315 e. The first-order valence-corrected chi connectivity index (χ1v) is 24.3. The summed E-state index contributed by atoms with van der Waals surface area (Å²) in [4.78, 5) is 15.0. The summed E-state index contributed by atoms with van der Waals surface area (Å²) in [5.41, 5.74) is -0.838. The van der Waals surface area contributed by atoms with Gasteiger partial charge in [-0.1, -0.05) is 53.2 Å². The molecule has 5 aliphatic carbocycles. The van der Waals surface area contributed by atoms with Crippen LogP contribution in [-0.4, -0.2) is 180 Å². The maximum Gasteiger partial charge on any atom is 0.315 e. The maximum absolute atomic E-state index is 15.0. The van der Waals surface area contributed by atoms with Gasteiger partial charge in [-0.3, -0.25) is 4.79 Å². The molecular formula is C48H78O18. The third-order valence-corrected chi connectivity index (χ3v) is 19.4. The van der Waals surface area contributed by atoms with Crippen LogP contribution in [0.3, 0.4) is 0 Å². The van der Waals surface area contributed by atoms with Gasteiger partial charge in [0.1, 0.15) is 67.1 Å². The second kappa shape index (κ2) is 18.0. The average Bonchev–Trinajstić information content (AvgIpc) is 3.27. The molecule has 378 valence electrons. The lowest BCUT2D eigenvalue weighted by Crippen LogP contribution is -2.66. The van der Waals surface area contributed by atoms with Crippen LogP contribution in [0.15, 0.2) is 11.6 Å². The lowest BCUT2D eigenvalue weighted by Gasteiger charge is -2.71. The van der Waals surface area contributed by atoms with E-state index in [1.807, 2.05) is 6.92 Å². The summed E-state index contributed by atoms with van der Waals surface area (Å²) in [6.07, 6.45) is -14.9. The van der Waals surface area contributed by atoms with Gasteiger partial charge in [0.2, 0.25) is 6.29 Å². The van der Waals surface area contributed by atoms with E-state index >= 15 is 0 Å². The van der Waals surface area contributed by atoms with Crippen LogP contribution in [0.5, 0.6) is 0 Å². The van der Waals surface area contributed by atoms with Gasteiger partial charge in [-0.05, 0) is 111 Å². The fraction of sp³-hybridized carbons (Fsp3) is 0.938. The summed E-state index contributed by atoms with van der Waals surface area (Å²) in [7, 11) is 0. The molecular weight excluding hydrogens is 865 g/mol. The Morgan fingerprint density at radius 1 is 0.682 bits per heavy atom. The molecule has 0 spiro atoms. The van der Waals surface area contributed by atoms with E-state index in [-0.39, 0.29) is 40.1 Å². The molecule has 18 heteroatoms. The summed E-state index contributed by atoms with van der Waals surface area (Å²) in [5.74, 6) is -0.273. The highest BCUT2D eigenvalue weighted by Gasteiger charge is 2.70. The highest BCUT2D eigenvalue weighted by atomic mass is 16.8. The molecule has 8 rings (SSSR count). The number of carbonyl (C=O) groups excluding carboxylic acids is 1. The number of aliphatic hydroxyl groups excluding tert-OH is 11. The first-order chi connectivity index (χ1) is 30.8. The summed E-state index contributed by atoms with van der Waals surface area (Å²) in [6, 6.07) is 0. The highest BCUT2D eigenvalue weighted by Crippen LogP contribution is 2.76. The first-order valence-electron chi connectivity index (χ1n) is 24.3. The zero-order valence-corrected chi connectivity index (χ0v) is 39.5. The second-order valence-electron chi connectivity index (χ2n) is 23.3. The van der Waals surface area contributed by atoms with Crippen molar-refractivity contribution in [2.75, 3.05) is 19.8 Å². The van der Waals surface area contributed by atoms with Gasteiger partial charge in [0, 0.05) is 5.41 Å². The van der Waals surface area contributed by atoms with E-state index in [4.69, 9.17) is 28.4 Å². The third-order valence-electron chi connectivity index (χ3n) is 19.4. The Morgan fingerprint density at radius 2 is 1.32 bits per heavy atom. The van der Waals surface area contributed by atoms with E-state index in [0.717, 1.165) is 44.9 Å². The predicted molar refractivity (Wildman–Crippen MR) is 230 cm³/mol. The number of hydrogen-bond donors (Lipinski definition) is 11. The van der Waals surface area contributed by atoms with Crippen LogP contribution in [-0.2, 0) is 33.2 Å². The predicted octanol–water partition coefficient (Wildman–Crippen LogP) is 0.141. The number of rotatable bonds is 9. The van der Waals surface area contributed by atoms with Crippen molar-refractivity contribution in [3.05, 3.63) is 11.6 Å². The summed E-state index contributed by atoms with van der Waals surface area (Å²) < 4.78 is 34.7. The largest absolute Gasteiger partial charge is 0.432 e. The fourth-order valence-electron chi connectivity index (χ4n) is 14.8. The highest BCUT2D eigenvalue weighted by molar-refractivity contribution is 5.79. The monoisotopic (exact) mass is 943 g/mol. The molecule has 0 radical (unpaired) electrons. The number of fused-ring (bicyclic) bond motifs is 7. The van der Waals surface area contributed by atoms with Gasteiger partial charge in [-0.15, -0.1) is 0 Å². The van der Waals surface area contributed by atoms with E-state index in [1.165, 1.54) is 12.5 Å². The zero-order chi connectivity index (χ0) is 48.3. The number of ether oxygens (including phenoxy) is 6. The Kier molecular flexibility index (Phi) is 13.9. The maximum atomic E-state index is 15.0. The Labute approximate surface area is 387 Å². The molecule has 11 N–H and O–H groups in total. The molecule has 24 atom stereocenters. The van der Waals surface area contributed by atoms with E-state index < -0.39 is 128 Å². The molecule has 3 aliphatic heterocycles. The number of carbonyl (C=O) groups is 1. The second-order valence-corrected chi connectivity index (χ2v) is 23.3. The lowest BCUT2D eigenvalue weighted by molar-refractivity contribution is -0.361. The normalized spacial score (nSPS) is 54.8. The molecule has 0 aromatic rings. The number of aliphatic hydroxyl groups is 11. The van der Waals surface area contributed by atoms with Crippen molar-refractivity contribution in [1.29, 1.82) is 0 Å². The molecule has 8 aliphatic rings. The SMILES string of the molecule is C[C@H]1O[C@@H](O[C@H]2[C@@H](O)[C@@H](O)[C@H](OC[C@H]3O[C@@H](OC(=O)[C@]45CCC(C)(C)CC4C4=CCC6[C@@]7(C)CC[C@H](O)[C@@](C)(CO)C7CC[C@@]6(C)C4(C)CC5)[C@H](O)[C@H](O)[C@@H]3O)O[C@@H]2CO)[C@H](O)[C@H](O)[C@@H]1O. The molecule has 0 bridgehead atoms. The van der Waals surface area contributed by atoms with Crippen molar-refractivity contribution < 1.29 is 89.4 Å². The number of esters is 1. The fourth-order valence-corrected chi connectivity index (χ4v) is 14.8. The van der Waals surface area contributed by atoms with E-state index in [0.29, 0.717) is 25.2 Å². The molecule has 0 aromatic heterocycles. The molecule has 0 aromatic carbocycles. The van der Waals surface area contributed by atoms with E-state index in [2.05, 4.69) is 40.7 Å². The molecule has 3 saturated heterocycles. The molecule has 3 heterocycles. The Morgan fingerprint density at radius 3 is 2.00 bits per heavy atom. The average molecular weight is 943 g/mol. The number of hydrogen-bond acceptors (Lipinski definition) is 18. The third kappa shape index (κ3) is 7.87. The first kappa shape index (κ1) is 50.9. The van der Waals surface area contributed by atoms with Crippen LogP contribution in [0, 0.1) is 50.2 Å². The van der Waals surface area contributed by atoms with Crippen LogP contribution < -0.4 is 0 Å². The van der Waals surface area contributed by atoms with Crippen LogP contribution in [0.4, 0.5) is 0 Å². The minimum atomic E-state index is -1.85. The Hall–Kier alpha value is -1.43. The van der Waals surface area contributed by atoms with Gasteiger partial charge < -0.3 is 84.6 Å². The van der Waals surface area contributed by atoms with Gasteiger partial charge in [0.25, 0.3) is 0 Å². The zero-order valence-electron chi connectivity index (χ0n) is 39.5. The molecule has 66 heavy (non-hydrogen) atoms. The van der Waals surface area contributed by atoms with E-state index in [1.54, 1.807) is 0 Å². The molecule has 4 unspecified atom stereocenters. The van der Waals surface area contributed by atoms with Crippen LogP contribution in [0.1, 0.15) is 113 Å². The van der Waals surface area contributed by atoms with Crippen LogP contribution >= 0.6 is 0 Å². The van der Waals surface area contributed by atoms with Gasteiger partial charge >= 0.3 is 5.97 Å². The standard InChI is InChI=1S/C48H78O18/c1-22-30(52)32(54)35(57)40(62-22)65-38-25(19-49)63-39(37(59)34(38)56)61-20-26-31(53)33(55)36(58)41(64-26)66-42(60)48-16-14-43(2,3)18-24(48)23-8-9-28-44(4)12-11-29(51)45(5,21-50)27(44)10-13-47(28,7)46(23,6)15-17-48/h8,22,24-41,49-59H,9-21H2,1-7H3/t22-,24?,25-,26-,27?,28?,29+,30-,31-,32-,33-,34+,35-,36-,37-,38-,39-,40+,41+,44+,45+,46?,47-,48+/m1/s1. The minimum absolute atomic E-state index is 0.0599. The van der Waals surface area contributed by atoms with Crippen molar-refractivity contribution in [3.8, 4) is 0 Å².